The number of nitrogens with zero attached hydrogens (tertiary/aromatic N) is 3. The van der Waals surface area contributed by atoms with Crippen LogP contribution in [0, 0.1) is 15.9 Å². The van der Waals surface area contributed by atoms with Crippen LogP contribution in [-0.2, 0) is 9.53 Å². The van der Waals surface area contributed by atoms with Gasteiger partial charge in [0.1, 0.15) is 17.3 Å². The van der Waals surface area contributed by atoms with Crippen molar-refractivity contribution < 1.29 is 28.0 Å². The normalized spacial score (nSPS) is 15.0. The molecule has 10 nitrogen and oxygen atoms in total. The summed E-state index contributed by atoms with van der Waals surface area (Å²) < 4.78 is 32.5. The van der Waals surface area contributed by atoms with E-state index >= 15 is 0 Å². The molecule has 0 N–H and O–H groups in total. The summed E-state index contributed by atoms with van der Waals surface area (Å²) in [6.45, 7) is 7.40. The van der Waals surface area contributed by atoms with Gasteiger partial charge in [-0.3, -0.25) is 19.5 Å². The molecule has 3 heterocycles. The van der Waals surface area contributed by atoms with Gasteiger partial charge < -0.3 is 13.9 Å². The first-order valence-corrected chi connectivity index (χ1v) is 13.9. The predicted molar refractivity (Wildman–Crippen MR) is 153 cm³/mol. The number of ether oxygens (including phenoxy) is 2. The number of thiazole rings is 1. The molecule has 0 saturated heterocycles. The maximum Gasteiger partial charge on any atom is 0.338 e. The lowest BCUT2D eigenvalue weighted by Crippen LogP contribution is -2.39. The van der Waals surface area contributed by atoms with E-state index < -0.39 is 34.0 Å². The zero-order valence-corrected chi connectivity index (χ0v) is 23.9. The maximum atomic E-state index is 13.8. The Balaban J connectivity index is 1.59. The van der Waals surface area contributed by atoms with Crippen LogP contribution in [0.4, 0.5) is 10.1 Å². The number of nitro groups is 1. The van der Waals surface area contributed by atoms with Crippen molar-refractivity contribution in [1.82, 2.24) is 4.57 Å². The predicted octanol–water partition coefficient (Wildman–Crippen LogP) is 4.89. The summed E-state index contributed by atoms with van der Waals surface area (Å²) in [5.41, 5.74) is 0.614. The van der Waals surface area contributed by atoms with Crippen LogP contribution in [0.5, 0.6) is 5.75 Å². The minimum atomic E-state index is -0.953. The van der Waals surface area contributed by atoms with Crippen molar-refractivity contribution in [2.24, 2.45) is 4.99 Å². The quantitative estimate of drug-likeness (QED) is 0.162. The van der Waals surface area contributed by atoms with Gasteiger partial charge >= 0.3 is 11.7 Å². The summed E-state index contributed by atoms with van der Waals surface area (Å²) in [5.74, 6) is -0.301. The minimum Gasteiger partial charge on any atom is -0.491 e. The highest BCUT2D eigenvalue weighted by atomic mass is 32.1. The highest BCUT2D eigenvalue weighted by molar-refractivity contribution is 7.07. The van der Waals surface area contributed by atoms with Crippen LogP contribution in [-0.4, -0.2) is 28.2 Å². The standard InChI is InChI=1S/C30H26FN3O7S/c1-5-39-29(36)26-17(4)32-30-33(27(26)18-6-9-20(10-7-18)40-16(2)3)28(35)25(42-30)15-21-11-13-24(41-21)19-8-12-22(31)23(14-19)34(37)38/h6-16,27H,5H2,1-4H3/b25-15-/t27-/m0/s1. The van der Waals surface area contributed by atoms with Gasteiger partial charge in [-0.1, -0.05) is 23.5 Å². The van der Waals surface area contributed by atoms with Crippen LogP contribution in [0.2, 0.25) is 0 Å². The molecular formula is C30H26FN3O7S. The number of carbonyl (C=O) groups excluding carboxylic acids is 1. The van der Waals surface area contributed by atoms with Crippen molar-refractivity contribution in [1.29, 1.82) is 0 Å². The van der Waals surface area contributed by atoms with E-state index in [0.717, 1.165) is 23.5 Å². The Morgan fingerprint density at radius 2 is 1.95 bits per heavy atom. The molecule has 4 aromatic rings. The molecule has 0 radical (unpaired) electrons. The number of allylic oxidation sites excluding steroid dienone is 1. The fraction of sp³-hybridized carbons (Fsp3) is 0.233. The molecule has 0 aliphatic carbocycles. The van der Waals surface area contributed by atoms with Crippen LogP contribution >= 0.6 is 11.3 Å². The maximum absolute atomic E-state index is 13.8. The average Bonchev–Trinajstić information content (AvgIpc) is 3.52. The third kappa shape index (κ3) is 5.53. The number of aromatic nitrogens is 1. The van der Waals surface area contributed by atoms with E-state index in [-0.39, 0.29) is 24.0 Å². The Morgan fingerprint density at radius 1 is 1.21 bits per heavy atom. The second-order valence-electron chi connectivity index (χ2n) is 9.66. The molecule has 0 spiro atoms. The molecule has 5 rings (SSSR count). The lowest BCUT2D eigenvalue weighted by Gasteiger charge is -2.25. The van der Waals surface area contributed by atoms with Crippen LogP contribution in [0.25, 0.3) is 17.4 Å². The topological polar surface area (TPSA) is 126 Å². The SMILES string of the molecule is CCOC(=O)C1=C(C)N=c2s/c(=C\c3ccc(-c4ccc(F)c([N+](=O)[O-])c4)o3)c(=O)n2[C@H]1c1ccc(OC(C)C)cc1. The zero-order valence-electron chi connectivity index (χ0n) is 23.1. The van der Waals surface area contributed by atoms with Crippen LogP contribution < -0.4 is 19.6 Å². The fourth-order valence-corrected chi connectivity index (χ4v) is 5.66. The van der Waals surface area contributed by atoms with Gasteiger partial charge in [-0.2, -0.15) is 4.39 Å². The highest BCUT2D eigenvalue weighted by Gasteiger charge is 2.33. The van der Waals surface area contributed by atoms with E-state index in [0.29, 0.717) is 37.7 Å². The van der Waals surface area contributed by atoms with E-state index in [9.17, 15) is 24.1 Å². The van der Waals surface area contributed by atoms with Gasteiger partial charge in [0.05, 0.1) is 39.5 Å². The summed E-state index contributed by atoms with van der Waals surface area (Å²) in [6.07, 6.45) is 1.51. The van der Waals surface area contributed by atoms with Gasteiger partial charge in [0, 0.05) is 17.7 Å². The number of furan rings is 1. The second kappa shape index (κ2) is 11.6. The molecular weight excluding hydrogens is 565 g/mol. The molecule has 12 heteroatoms. The molecule has 0 saturated carbocycles. The number of benzene rings is 2. The van der Waals surface area contributed by atoms with Crippen molar-refractivity contribution >= 4 is 29.1 Å². The Kier molecular flexibility index (Phi) is 7.90. The first kappa shape index (κ1) is 28.7. The van der Waals surface area contributed by atoms with E-state index in [2.05, 4.69) is 4.99 Å². The Morgan fingerprint density at radius 3 is 2.62 bits per heavy atom. The molecule has 0 fully saturated rings. The molecule has 0 amide bonds. The van der Waals surface area contributed by atoms with Gasteiger partial charge in [-0.25, -0.2) is 9.79 Å². The number of esters is 1. The molecule has 0 unspecified atom stereocenters. The van der Waals surface area contributed by atoms with Gasteiger partial charge in [-0.05, 0) is 69.7 Å². The molecule has 216 valence electrons. The number of fused-ring (bicyclic) bond motifs is 1. The summed E-state index contributed by atoms with van der Waals surface area (Å²) >= 11 is 1.13. The monoisotopic (exact) mass is 591 g/mol. The molecule has 2 aromatic carbocycles. The number of hydrogen-bond donors (Lipinski definition) is 0. The van der Waals surface area contributed by atoms with Crippen molar-refractivity contribution in [3.05, 3.63) is 113 Å². The highest BCUT2D eigenvalue weighted by Crippen LogP contribution is 2.32. The average molecular weight is 592 g/mol. The van der Waals surface area contributed by atoms with Gasteiger partial charge in [-0.15, -0.1) is 0 Å². The van der Waals surface area contributed by atoms with E-state index in [1.165, 1.54) is 16.7 Å². The molecule has 1 atom stereocenters. The van der Waals surface area contributed by atoms with Crippen LogP contribution in [0.15, 0.2) is 80.1 Å². The Labute approximate surface area is 242 Å². The third-order valence-electron chi connectivity index (χ3n) is 6.41. The van der Waals surface area contributed by atoms with Gasteiger partial charge in [0.15, 0.2) is 4.80 Å². The van der Waals surface area contributed by atoms with Gasteiger partial charge in [0.2, 0.25) is 5.82 Å². The lowest BCUT2D eigenvalue weighted by atomic mass is 9.96. The van der Waals surface area contributed by atoms with E-state index in [1.54, 1.807) is 50.2 Å². The summed E-state index contributed by atoms with van der Waals surface area (Å²) in [7, 11) is 0. The molecule has 0 bridgehead atoms. The zero-order chi connectivity index (χ0) is 30.1. The first-order chi connectivity index (χ1) is 20.1. The fourth-order valence-electron chi connectivity index (χ4n) is 4.63. The van der Waals surface area contributed by atoms with Crippen molar-refractivity contribution in [2.45, 2.75) is 39.8 Å². The van der Waals surface area contributed by atoms with Crippen LogP contribution in [0.1, 0.15) is 45.1 Å². The van der Waals surface area contributed by atoms with Crippen LogP contribution in [0.3, 0.4) is 0 Å². The Bertz CT molecular complexity index is 1900. The summed E-state index contributed by atoms with van der Waals surface area (Å²) in [4.78, 5) is 42.2. The first-order valence-electron chi connectivity index (χ1n) is 13.1. The molecule has 1 aliphatic heterocycles. The number of nitro benzene ring substituents is 1. The van der Waals surface area contributed by atoms with Crippen molar-refractivity contribution in [2.75, 3.05) is 6.61 Å². The molecule has 1 aliphatic rings. The number of rotatable bonds is 8. The number of carbonyl (C=O) groups is 1. The molecule has 2 aromatic heterocycles. The van der Waals surface area contributed by atoms with Crippen molar-refractivity contribution in [3.63, 3.8) is 0 Å². The lowest BCUT2D eigenvalue weighted by molar-refractivity contribution is -0.387. The second-order valence-corrected chi connectivity index (χ2v) is 10.7. The minimum absolute atomic E-state index is 0.0222. The summed E-state index contributed by atoms with van der Waals surface area (Å²) in [6, 6.07) is 13.0. The Hall–Kier alpha value is -4.84. The third-order valence-corrected chi connectivity index (χ3v) is 7.40. The van der Waals surface area contributed by atoms with Crippen molar-refractivity contribution in [3.8, 4) is 17.1 Å². The van der Waals surface area contributed by atoms with E-state index in [1.807, 2.05) is 13.8 Å². The van der Waals surface area contributed by atoms with E-state index in [4.69, 9.17) is 13.9 Å². The largest absolute Gasteiger partial charge is 0.491 e. The van der Waals surface area contributed by atoms with Gasteiger partial charge in [0.25, 0.3) is 5.56 Å². The number of hydrogen-bond acceptors (Lipinski definition) is 9. The molecule has 42 heavy (non-hydrogen) atoms. The number of halogens is 1. The smallest absolute Gasteiger partial charge is 0.338 e. The summed E-state index contributed by atoms with van der Waals surface area (Å²) in [5, 5.41) is 11.1.